The van der Waals surface area contributed by atoms with Gasteiger partial charge in [-0.3, -0.25) is 19.4 Å². The van der Waals surface area contributed by atoms with Gasteiger partial charge in [-0.25, -0.2) is 9.48 Å². The van der Waals surface area contributed by atoms with Crippen molar-refractivity contribution in [1.29, 1.82) is 0 Å². The van der Waals surface area contributed by atoms with E-state index in [9.17, 15) is 14.4 Å². The van der Waals surface area contributed by atoms with Crippen LogP contribution in [-0.2, 0) is 9.59 Å². The van der Waals surface area contributed by atoms with E-state index in [0.717, 1.165) is 21.8 Å². The molecule has 1 aliphatic rings. The topological polar surface area (TPSA) is 87.5 Å². The number of carbonyl (C=O) groups is 3. The van der Waals surface area contributed by atoms with Crippen LogP contribution in [0.3, 0.4) is 0 Å². The summed E-state index contributed by atoms with van der Waals surface area (Å²) in [6, 6.07) is 14.8. The van der Waals surface area contributed by atoms with Crippen LogP contribution in [0.5, 0.6) is 0 Å². The number of nitrogens with zero attached hydrogens (tertiary/aromatic N) is 4. The molecule has 0 saturated carbocycles. The van der Waals surface area contributed by atoms with Crippen LogP contribution in [0.25, 0.3) is 5.69 Å². The minimum Gasteiger partial charge on any atom is -0.309 e. The van der Waals surface area contributed by atoms with Crippen LogP contribution in [0.1, 0.15) is 18.2 Å². The first-order chi connectivity index (χ1) is 15.2. The third-order valence-electron chi connectivity index (χ3n) is 5.23. The van der Waals surface area contributed by atoms with Crippen LogP contribution in [0.15, 0.2) is 54.6 Å². The van der Waals surface area contributed by atoms with Gasteiger partial charge >= 0.3 is 6.03 Å². The average molecular weight is 452 g/mol. The van der Waals surface area contributed by atoms with Crippen molar-refractivity contribution in [2.24, 2.45) is 0 Å². The molecular weight excluding hydrogens is 430 g/mol. The number of nitrogens with one attached hydrogen (secondary N) is 1. The van der Waals surface area contributed by atoms with Gasteiger partial charge in [0.25, 0.3) is 5.91 Å². The maximum Gasteiger partial charge on any atom is 0.332 e. The Morgan fingerprint density at radius 2 is 1.66 bits per heavy atom. The van der Waals surface area contributed by atoms with E-state index in [4.69, 9.17) is 11.6 Å². The molecule has 32 heavy (non-hydrogen) atoms. The fourth-order valence-corrected chi connectivity index (χ4v) is 3.73. The normalized spacial score (nSPS) is 16.1. The molecule has 8 nitrogen and oxygen atoms in total. The summed E-state index contributed by atoms with van der Waals surface area (Å²) in [6.45, 7) is 5.03. The molecule has 9 heteroatoms. The first kappa shape index (κ1) is 21.6. The fraction of sp³-hybridized carbons (Fsp3) is 0.217. The highest BCUT2D eigenvalue weighted by Gasteiger charge is 2.44. The number of urea groups is 1. The summed E-state index contributed by atoms with van der Waals surface area (Å²) in [5.74, 6) is -0.480. The molecule has 1 aromatic heterocycles. The summed E-state index contributed by atoms with van der Waals surface area (Å²) in [6.07, 6.45) is 0. The molecule has 2 aromatic carbocycles. The maximum absolute atomic E-state index is 12.9. The lowest BCUT2D eigenvalue weighted by Crippen LogP contribution is -2.39. The number of hydrogen-bond donors (Lipinski definition) is 1. The highest BCUT2D eigenvalue weighted by molar-refractivity contribution is 6.30. The van der Waals surface area contributed by atoms with Crippen molar-refractivity contribution in [1.82, 2.24) is 14.7 Å². The summed E-state index contributed by atoms with van der Waals surface area (Å²) < 4.78 is 1.61. The summed E-state index contributed by atoms with van der Waals surface area (Å²) in [5.41, 5.74) is 3.15. The van der Waals surface area contributed by atoms with E-state index < -0.39 is 30.4 Å². The lowest BCUT2D eigenvalue weighted by molar-refractivity contribution is -0.130. The predicted molar refractivity (Wildman–Crippen MR) is 122 cm³/mol. The predicted octanol–water partition coefficient (Wildman–Crippen LogP) is 3.94. The van der Waals surface area contributed by atoms with Crippen LogP contribution in [-0.4, -0.2) is 45.1 Å². The Bertz CT molecular complexity index is 1190. The molecule has 1 aliphatic heterocycles. The van der Waals surface area contributed by atoms with Gasteiger partial charge in [-0.2, -0.15) is 5.10 Å². The number of aryl methyl sites for hydroxylation is 2. The molecule has 0 radical (unpaired) electrons. The zero-order chi connectivity index (χ0) is 23.0. The van der Waals surface area contributed by atoms with Gasteiger partial charge in [0.1, 0.15) is 18.4 Å². The van der Waals surface area contributed by atoms with Gasteiger partial charge in [0.05, 0.1) is 11.4 Å². The molecule has 2 heterocycles. The van der Waals surface area contributed by atoms with Gasteiger partial charge < -0.3 is 5.32 Å². The molecule has 1 unspecified atom stereocenters. The van der Waals surface area contributed by atoms with Crippen molar-refractivity contribution in [3.63, 3.8) is 0 Å². The summed E-state index contributed by atoms with van der Waals surface area (Å²) >= 11 is 5.92. The Labute approximate surface area is 190 Å². The van der Waals surface area contributed by atoms with E-state index >= 15 is 0 Å². The molecule has 0 aliphatic carbocycles. The van der Waals surface area contributed by atoms with Gasteiger partial charge in [0.15, 0.2) is 0 Å². The van der Waals surface area contributed by atoms with Gasteiger partial charge in [-0.15, -0.1) is 0 Å². The Morgan fingerprint density at radius 1 is 1.03 bits per heavy atom. The lowest BCUT2D eigenvalue weighted by atomic mass is 10.2. The minimum atomic E-state index is -0.725. The Balaban J connectivity index is 1.51. The molecule has 164 valence electrons. The third-order valence-corrected chi connectivity index (χ3v) is 5.48. The van der Waals surface area contributed by atoms with Gasteiger partial charge in [0.2, 0.25) is 5.91 Å². The second-order valence-corrected chi connectivity index (χ2v) is 8.13. The third kappa shape index (κ3) is 4.09. The summed E-state index contributed by atoms with van der Waals surface area (Å²) in [7, 11) is 0. The number of carbonyl (C=O) groups excluding carboxylic acids is 3. The number of anilines is 2. The molecule has 1 fully saturated rings. The molecule has 1 saturated heterocycles. The zero-order valence-corrected chi connectivity index (χ0v) is 18.6. The van der Waals surface area contributed by atoms with Crippen molar-refractivity contribution in [2.75, 3.05) is 16.8 Å². The number of benzene rings is 2. The Kier molecular flexibility index (Phi) is 5.71. The Morgan fingerprint density at radius 3 is 2.31 bits per heavy atom. The first-order valence-electron chi connectivity index (χ1n) is 10.1. The van der Waals surface area contributed by atoms with E-state index in [-0.39, 0.29) is 0 Å². The highest BCUT2D eigenvalue weighted by atomic mass is 35.5. The lowest BCUT2D eigenvalue weighted by Gasteiger charge is -2.19. The van der Waals surface area contributed by atoms with Gasteiger partial charge in [-0.1, -0.05) is 29.3 Å². The largest absolute Gasteiger partial charge is 0.332 e. The Hall–Kier alpha value is -3.65. The van der Waals surface area contributed by atoms with Crippen molar-refractivity contribution in [3.8, 4) is 5.69 Å². The molecule has 4 rings (SSSR count). The van der Waals surface area contributed by atoms with E-state index in [2.05, 4.69) is 10.4 Å². The SMILES string of the molecule is Cc1ccc(-n2nc(C)cc2NC(=O)CN2C(=O)C(C)N(c3ccc(Cl)cc3)C2=O)cc1. The highest BCUT2D eigenvalue weighted by Crippen LogP contribution is 2.27. The molecule has 0 bridgehead atoms. The number of aromatic nitrogens is 2. The smallest absolute Gasteiger partial charge is 0.309 e. The van der Waals surface area contributed by atoms with Crippen LogP contribution in [0.2, 0.25) is 5.02 Å². The van der Waals surface area contributed by atoms with Crippen LogP contribution in [0, 0.1) is 13.8 Å². The molecule has 1 atom stereocenters. The molecule has 0 spiro atoms. The number of rotatable bonds is 5. The van der Waals surface area contributed by atoms with Crippen molar-refractivity contribution >= 4 is 41.0 Å². The first-order valence-corrected chi connectivity index (χ1v) is 10.5. The van der Waals surface area contributed by atoms with Crippen LogP contribution in [0.4, 0.5) is 16.3 Å². The molecular formula is C23H22ClN5O3. The number of halogens is 1. The monoisotopic (exact) mass is 451 g/mol. The number of imide groups is 1. The van der Waals surface area contributed by atoms with E-state index in [1.807, 2.05) is 38.1 Å². The van der Waals surface area contributed by atoms with E-state index in [1.54, 1.807) is 41.9 Å². The summed E-state index contributed by atoms with van der Waals surface area (Å²) in [5, 5.41) is 7.72. The van der Waals surface area contributed by atoms with Crippen molar-refractivity contribution in [2.45, 2.75) is 26.8 Å². The fourth-order valence-electron chi connectivity index (χ4n) is 3.60. The standard InChI is InChI=1S/C23H22ClN5O3/c1-14-4-8-19(9-5-14)29-20(12-15(2)26-29)25-21(30)13-27-22(31)16(3)28(23(27)32)18-10-6-17(24)7-11-18/h4-12,16H,13H2,1-3H3,(H,25,30). The maximum atomic E-state index is 12.9. The van der Waals surface area contributed by atoms with E-state index in [1.165, 1.54) is 4.90 Å². The van der Waals surface area contributed by atoms with Gasteiger partial charge in [-0.05, 0) is 57.2 Å². The van der Waals surface area contributed by atoms with Crippen LogP contribution >= 0.6 is 11.6 Å². The van der Waals surface area contributed by atoms with Crippen molar-refractivity contribution < 1.29 is 14.4 Å². The number of amides is 4. The van der Waals surface area contributed by atoms with Crippen LogP contribution < -0.4 is 10.2 Å². The second kappa shape index (κ2) is 8.47. The average Bonchev–Trinajstić information content (AvgIpc) is 3.21. The van der Waals surface area contributed by atoms with Crippen molar-refractivity contribution in [3.05, 3.63) is 70.9 Å². The molecule has 1 N–H and O–H groups in total. The quantitative estimate of drug-likeness (QED) is 0.595. The second-order valence-electron chi connectivity index (χ2n) is 7.70. The minimum absolute atomic E-state index is 0.399. The van der Waals surface area contributed by atoms with Gasteiger partial charge in [0, 0.05) is 16.8 Å². The van der Waals surface area contributed by atoms with E-state index in [0.29, 0.717) is 16.5 Å². The molecule has 4 amide bonds. The molecule has 3 aromatic rings. The summed E-state index contributed by atoms with van der Waals surface area (Å²) in [4.78, 5) is 40.7. The zero-order valence-electron chi connectivity index (χ0n) is 17.9. The number of hydrogen-bond acceptors (Lipinski definition) is 4.